The van der Waals surface area contributed by atoms with Gasteiger partial charge in [0.25, 0.3) is 5.91 Å². The quantitative estimate of drug-likeness (QED) is 0.496. The average Bonchev–Trinajstić information content (AvgIpc) is 2.86. The summed E-state index contributed by atoms with van der Waals surface area (Å²) in [4.78, 5) is 34.2. The standard InChI is InChI=1S/C28H31N3O3/c1-3-34-26(32)17-25-20-30(28(33)24-16-21(2)18-29-19-24)14-15-31(25)27(22-10-6-4-7-11-22)23-12-8-5-9-13-23/h4-13,16,18-19,25,27H,3,14-15,17,20H2,1-2H3. The van der Waals surface area contributed by atoms with Crippen molar-refractivity contribution < 1.29 is 14.3 Å². The van der Waals surface area contributed by atoms with Crippen molar-refractivity contribution in [1.29, 1.82) is 0 Å². The molecule has 4 rings (SSSR count). The van der Waals surface area contributed by atoms with E-state index in [9.17, 15) is 9.59 Å². The van der Waals surface area contributed by atoms with Crippen LogP contribution in [-0.2, 0) is 9.53 Å². The number of benzene rings is 2. The number of pyridine rings is 1. The van der Waals surface area contributed by atoms with E-state index in [0.29, 0.717) is 31.8 Å². The lowest BCUT2D eigenvalue weighted by molar-refractivity contribution is -0.145. The number of rotatable bonds is 7. The van der Waals surface area contributed by atoms with Crippen LogP contribution in [0.15, 0.2) is 79.1 Å². The van der Waals surface area contributed by atoms with Crippen molar-refractivity contribution in [1.82, 2.24) is 14.8 Å². The van der Waals surface area contributed by atoms with Crippen molar-refractivity contribution in [2.75, 3.05) is 26.2 Å². The Hall–Kier alpha value is -3.51. The average molecular weight is 458 g/mol. The molecule has 0 radical (unpaired) electrons. The summed E-state index contributed by atoms with van der Waals surface area (Å²) in [6, 6.07) is 22.3. The van der Waals surface area contributed by atoms with Crippen molar-refractivity contribution in [2.45, 2.75) is 32.4 Å². The minimum atomic E-state index is -0.246. The molecule has 1 unspecified atom stereocenters. The molecule has 0 saturated carbocycles. The van der Waals surface area contributed by atoms with Gasteiger partial charge in [-0.2, -0.15) is 0 Å². The Morgan fingerprint density at radius 1 is 1.00 bits per heavy atom. The van der Waals surface area contributed by atoms with Crippen molar-refractivity contribution in [3.8, 4) is 0 Å². The van der Waals surface area contributed by atoms with Gasteiger partial charge < -0.3 is 9.64 Å². The molecular formula is C28H31N3O3. The van der Waals surface area contributed by atoms with Gasteiger partial charge in [0.1, 0.15) is 0 Å². The Balaban J connectivity index is 1.66. The number of amides is 1. The monoisotopic (exact) mass is 457 g/mol. The van der Waals surface area contributed by atoms with Crippen LogP contribution in [0.1, 0.15) is 46.4 Å². The van der Waals surface area contributed by atoms with E-state index in [1.165, 1.54) is 0 Å². The minimum Gasteiger partial charge on any atom is -0.466 e. The molecule has 34 heavy (non-hydrogen) atoms. The SMILES string of the molecule is CCOC(=O)CC1CN(C(=O)c2cncc(C)c2)CCN1C(c1ccccc1)c1ccccc1. The van der Waals surface area contributed by atoms with Crippen LogP contribution in [0, 0.1) is 6.92 Å². The lowest BCUT2D eigenvalue weighted by Crippen LogP contribution is -2.56. The van der Waals surface area contributed by atoms with Gasteiger partial charge in [0.2, 0.25) is 0 Å². The number of nitrogens with zero attached hydrogens (tertiary/aromatic N) is 3. The first-order valence-electron chi connectivity index (χ1n) is 11.8. The molecule has 0 N–H and O–H groups in total. The maximum atomic E-state index is 13.3. The maximum absolute atomic E-state index is 13.3. The van der Waals surface area contributed by atoms with Crippen LogP contribution in [0.2, 0.25) is 0 Å². The zero-order valence-electron chi connectivity index (χ0n) is 19.8. The zero-order chi connectivity index (χ0) is 23.9. The molecule has 2 aromatic carbocycles. The van der Waals surface area contributed by atoms with Crippen LogP contribution in [0.5, 0.6) is 0 Å². The van der Waals surface area contributed by atoms with E-state index in [0.717, 1.165) is 16.7 Å². The Morgan fingerprint density at radius 2 is 1.65 bits per heavy atom. The van der Waals surface area contributed by atoms with Crippen LogP contribution in [0.3, 0.4) is 0 Å². The van der Waals surface area contributed by atoms with E-state index in [1.807, 2.05) is 61.2 Å². The summed E-state index contributed by atoms with van der Waals surface area (Å²) in [5, 5.41) is 0. The normalized spacial score (nSPS) is 16.4. The van der Waals surface area contributed by atoms with Crippen molar-refractivity contribution in [3.63, 3.8) is 0 Å². The van der Waals surface area contributed by atoms with Crippen LogP contribution < -0.4 is 0 Å². The third-order valence-electron chi connectivity index (χ3n) is 6.21. The van der Waals surface area contributed by atoms with Gasteiger partial charge in [-0.1, -0.05) is 60.7 Å². The Labute approximate surface area is 201 Å². The molecule has 2 heterocycles. The fourth-order valence-electron chi connectivity index (χ4n) is 4.69. The second-order valence-corrected chi connectivity index (χ2v) is 8.63. The summed E-state index contributed by atoms with van der Waals surface area (Å²) in [6.07, 6.45) is 3.57. The van der Waals surface area contributed by atoms with Gasteiger partial charge in [0, 0.05) is 38.1 Å². The molecule has 1 fully saturated rings. The number of aryl methyl sites for hydroxylation is 1. The predicted molar refractivity (Wildman–Crippen MR) is 131 cm³/mol. The van der Waals surface area contributed by atoms with E-state index in [1.54, 1.807) is 12.4 Å². The van der Waals surface area contributed by atoms with Crippen molar-refractivity contribution >= 4 is 11.9 Å². The first-order valence-corrected chi connectivity index (χ1v) is 11.8. The van der Waals surface area contributed by atoms with Crippen molar-refractivity contribution in [3.05, 3.63) is 101 Å². The van der Waals surface area contributed by atoms with Gasteiger partial charge in [-0.3, -0.25) is 19.5 Å². The summed E-state index contributed by atoms with van der Waals surface area (Å²) in [6.45, 7) is 5.74. The van der Waals surface area contributed by atoms with Gasteiger partial charge in [-0.25, -0.2) is 0 Å². The first-order chi connectivity index (χ1) is 16.6. The maximum Gasteiger partial charge on any atom is 0.307 e. The molecule has 0 spiro atoms. The van der Waals surface area contributed by atoms with Gasteiger partial charge in [0.05, 0.1) is 24.6 Å². The first kappa shape index (κ1) is 23.6. The minimum absolute atomic E-state index is 0.0280. The second-order valence-electron chi connectivity index (χ2n) is 8.63. The lowest BCUT2D eigenvalue weighted by Gasteiger charge is -2.45. The Kier molecular flexibility index (Phi) is 7.70. The molecule has 1 aliphatic rings. The molecule has 1 saturated heterocycles. The highest BCUT2D eigenvalue weighted by Gasteiger charge is 2.36. The molecule has 3 aromatic rings. The highest BCUT2D eigenvalue weighted by molar-refractivity contribution is 5.94. The summed E-state index contributed by atoms with van der Waals surface area (Å²) < 4.78 is 5.30. The molecule has 1 atom stereocenters. The number of hydrogen-bond donors (Lipinski definition) is 0. The molecule has 1 aliphatic heterocycles. The third kappa shape index (κ3) is 5.51. The molecule has 176 valence electrons. The number of carbonyl (C=O) groups excluding carboxylic acids is 2. The van der Waals surface area contributed by atoms with Gasteiger partial charge in [-0.15, -0.1) is 0 Å². The van der Waals surface area contributed by atoms with E-state index >= 15 is 0 Å². The number of hydrogen-bond acceptors (Lipinski definition) is 5. The summed E-state index contributed by atoms with van der Waals surface area (Å²) in [5.41, 5.74) is 3.84. The zero-order valence-corrected chi connectivity index (χ0v) is 19.8. The molecule has 0 aliphatic carbocycles. The number of aromatic nitrogens is 1. The van der Waals surface area contributed by atoms with Crippen LogP contribution in [-0.4, -0.2) is 58.9 Å². The van der Waals surface area contributed by atoms with Gasteiger partial charge >= 0.3 is 5.97 Å². The van der Waals surface area contributed by atoms with Crippen LogP contribution in [0.4, 0.5) is 0 Å². The smallest absolute Gasteiger partial charge is 0.307 e. The fraction of sp³-hybridized carbons (Fsp3) is 0.321. The molecule has 6 nitrogen and oxygen atoms in total. The lowest BCUT2D eigenvalue weighted by atomic mass is 9.93. The molecule has 0 bridgehead atoms. The topological polar surface area (TPSA) is 62.7 Å². The molecular weight excluding hydrogens is 426 g/mol. The number of piperazine rings is 1. The summed E-state index contributed by atoms with van der Waals surface area (Å²) in [7, 11) is 0. The summed E-state index contributed by atoms with van der Waals surface area (Å²) >= 11 is 0. The van der Waals surface area contributed by atoms with E-state index in [2.05, 4.69) is 34.1 Å². The highest BCUT2D eigenvalue weighted by Crippen LogP contribution is 2.33. The van der Waals surface area contributed by atoms with E-state index in [4.69, 9.17) is 4.74 Å². The van der Waals surface area contributed by atoms with E-state index in [-0.39, 0.29) is 30.4 Å². The van der Waals surface area contributed by atoms with Gasteiger partial charge in [0.15, 0.2) is 0 Å². The number of carbonyl (C=O) groups is 2. The van der Waals surface area contributed by atoms with Crippen LogP contribution in [0.25, 0.3) is 0 Å². The van der Waals surface area contributed by atoms with E-state index < -0.39 is 0 Å². The Bertz CT molecular complexity index is 1060. The molecule has 1 amide bonds. The molecule has 1 aromatic heterocycles. The predicted octanol–water partition coefficient (Wildman–Crippen LogP) is 4.26. The highest BCUT2D eigenvalue weighted by atomic mass is 16.5. The molecule has 6 heteroatoms. The van der Waals surface area contributed by atoms with Gasteiger partial charge in [-0.05, 0) is 36.6 Å². The number of esters is 1. The van der Waals surface area contributed by atoms with Crippen molar-refractivity contribution in [2.24, 2.45) is 0 Å². The Morgan fingerprint density at radius 3 is 2.24 bits per heavy atom. The number of ether oxygens (including phenoxy) is 1. The second kappa shape index (κ2) is 11.1. The third-order valence-corrected chi connectivity index (χ3v) is 6.21. The summed E-state index contributed by atoms with van der Waals surface area (Å²) in [5.74, 6) is -0.301. The van der Waals surface area contributed by atoms with Crippen LogP contribution >= 0.6 is 0 Å². The fourth-order valence-corrected chi connectivity index (χ4v) is 4.69. The largest absolute Gasteiger partial charge is 0.466 e.